The first kappa shape index (κ1) is 20.2. The molecule has 29 heavy (non-hydrogen) atoms. The normalized spacial score (nSPS) is 14.5. The first-order chi connectivity index (χ1) is 13.9. The van der Waals surface area contributed by atoms with Crippen LogP contribution in [0, 0.1) is 0 Å². The van der Waals surface area contributed by atoms with Crippen molar-refractivity contribution in [3.63, 3.8) is 0 Å². The van der Waals surface area contributed by atoms with E-state index in [1.165, 1.54) is 13.0 Å². The van der Waals surface area contributed by atoms with Crippen LogP contribution < -0.4 is 10.2 Å². The van der Waals surface area contributed by atoms with Gasteiger partial charge < -0.3 is 15.1 Å². The van der Waals surface area contributed by atoms with Gasteiger partial charge in [-0.25, -0.2) is 9.97 Å². The van der Waals surface area contributed by atoms with Gasteiger partial charge in [-0.15, -0.1) is 0 Å². The largest absolute Gasteiger partial charge is 0.337 e. The average Bonchev–Trinajstić information content (AvgIpc) is 2.74. The topological polar surface area (TPSA) is 95.5 Å². The van der Waals surface area contributed by atoms with E-state index in [9.17, 15) is 14.4 Å². The molecule has 1 saturated heterocycles. The summed E-state index contributed by atoms with van der Waals surface area (Å²) in [5, 5.41) is 2.70. The van der Waals surface area contributed by atoms with Crippen LogP contribution in [-0.2, 0) is 9.59 Å². The van der Waals surface area contributed by atoms with Crippen LogP contribution in [0.2, 0.25) is 0 Å². The van der Waals surface area contributed by atoms with Gasteiger partial charge in [0.1, 0.15) is 0 Å². The standard InChI is InChI=1S/C21H23N5O3/c1-15(14-19(28)24-18-6-4-17(5-7-18)16(2)27)20(29)25-10-12-26(13-11-25)21-22-8-3-9-23-21/h3-9,14H,10-13H2,1-2H3,(H,24,28)/b15-14-. The Labute approximate surface area is 169 Å². The van der Waals surface area contributed by atoms with Crippen molar-refractivity contribution >= 4 is 29.2 Å². The Morgan fingerprint density at radius 3 is 2.17 bits per heavy atom. The van der Waals surface area contributed by atoms with E-state index < -0.39 is 0 Å². The summed E-state index contributed by atoms with van der Waals surface area (Å²) in [6.45, 7) is 5.47. The van der Waals surface area contributed by atoms with Crippen molar-refractivity contribution in [2.75, 3.05) is 36.4 Å². The lowest BCUT2D eigenvalue weighted by atomic mass is 10.1. The summed E-state index contributed by atoms with van der Waals surface area (Å²) in [6, 6.07) is 8.38. The number of Topliss-reactive ketones (excluding diaryl/α,β-unsaturated/α-hetero) is 1. The molecule has 8 heteroatoms. The number of hydrogen-bond acceptors (Lipinski definition) is 6. The Kier molecular flexibility index (Phi) is 6.33. The molecular formula is C21H23N5O3. The van der Waals surface area contributed by atoms with Crippen LogP contribution in [0.25, 0.3) is 0 Å². The summed E-state index contributed by atoms with van der Waals surface area (Å²) < 4.78 is 0. The second-order valence-corrected chi connectivity index (χ2v) is 6.78. The molecule has 1 aliphatic heterocycles. The van der Waals surface area contributed by atoms with Crippen molar-refractivity contribution in [1.29, 1.82) is 0 Å². The molecule has 0 bridgehead atoms. The Morgan fingerprint density at radius 1 is 0.966 bits per heavy atom. The highest BCUT2D eigenvalue weighted by Crippen LogP contribution is 2.13. The number of carbonyl (C=O) groups excluding carboxylic acids is 3. The van der Waals surface area contributed by atoms with Gasteiger partial charge in [0.25, 0.3) is 0 Å². The monoisotopic (exact) mass is 393 g/mol. The van der Waals surface area contributed by atoms with Gasteiger partial charge in [0.15, 0.2) is 5.78 Å². The highest BCUT2D eigenvalue weighted by atomic mass is 16.2. The number of nitrogens with one attached hydrogen (secondary N) is 1. The molecule has 3 rings (SSSR count). The number of anilines is 2. The number of carbonyl (C=O) groups is 3. The van der Waals surface area contributed by atoms with Crippen molar-refractivity contribution in [2.45, 2.75) is 13.8 Å². The SMILES string of the molecule is CC(=O)c1ccc(NC(=O)/C=C(/C)C(=O)N2CCN(c3ncccn3)CC2)cc1. The van der Waals surface area contributed by atoms with Gasteiger partial charge in [-0.1, -0.05) is 0 Å². The number of piperazine rings is 1. The Morgan fingerprint density at radius 2 is 1.59 bits per heavy atom. The summed E-state index contributed by atoms with van der Waals surface area (Å²) in [7, 11) is 0. The van der Waals surface area contributed by atoms with E-state index in [1.807, 2.05) is 4.90 Å². The van der Waals surface area contributed by atoms with Crippen LogP contribution in [0.3, 0.4) is 0 Å². The van der Waals surface area contributed by atoms with Crippen LogP contribution in [-0.4, -0.2) is 58.6 Å². The molecule has 0 spiro atoms. The molecule has 0 atom stereocenters. The minimum absolute atomic E-state index is 0.0388. The van der Waals surface area contributed by atoms with Gasteiger partial charge in [-0.2, -0.15) is 0 Å². The molecule has 2 amide bonds. The quantitative estimate of drug-likeness (QED) is 0.616. The van der Waals surface area contributed by atoms with Gasteiger partial charge in [0.2, 0.25) is 17.8 Å². The maximum Gasteiger partial charge on any atom is 0.249 e. The first-order valence-electron chi connectivity index (χ1n) is 9.35. The molecule has 2 heterocycles. The molecular weight excluding hydrogens is 370 g/mol. The number of aromatic nitrogens is 2. The zero-order chi connectivity index (χ0) is 20.8. The third-order valence-electron chi connectivity index (χ3n) is 4.65. The summed E-state index contributed by atoms with van der Waals surface area (Å²) in [5.74, 6) is 0.0635. The number of nitrogens with zero attached hydrogens (tertiary/aromatic N) is 4. The van der Waals surface area contributed by atoms with Crippen LogP contribution in [0.5, 0.6) is 0 Å². The predicted octanol–water partition coefficient (Wildman–Crippen LogP) is 1.91. The van der Waals surface area contributed by atoms with E-state index in [4.69, 9.17) is 0 Å². The highest BCUT2D eigenvalue weighted by Gasteiger charge is 2.23. The lowest BCUT2D eigenvalue weighted by Gasteiger charge is -2.34. The molecule has 0 aliphatic carbocycles. The Hall–Kier alpha value is -3.55. The molecule has 8 nitrogen and oxygen atoms in total. The molecule has 0 radical (unpaired) electrons. The van der Waals surface area contributed by atoms with Crippen molar-refractivity contribution in [1.82, 2.24) is 14.9 Å². The van der Waals surface area contributed by atoms with E-state index in [-0.39, 0.29) is 17.6 Å². The smallest absolute Gasteiger partial charge is 0.249 e. The fourth-order valence-electron chi connectivity index (χ4n) is 3.04. The van der Waals surface area contributed by atoms with Crippen molar-refractivity contribution in [3.05, 3.63) is 59.9 Å². The van der Waals surface area contributed by atoms with Crippen LogP contribution in [0.1, 0.15) is 24.2 Å². The molecule has 150 valence electrons. The highest BCUT2D eigenvalue weighted by molar-refractivity contribution is 6.06. The molecule has 2 aromatic rings. The number of hydrogen-bond donors (Lipinski definition) is 1. The molecule has 1 aliphatic rings. The lowest BCUT2D eigenvalue weighted by molar-refractivity contribution is -0.127. The van der Waals surface area contributed by atoms with E-state index in [0.717, 1.165) is 0 Å². The summed E-state index contributed by atoms with van der Waals surface area (Å²) in [4.78, 5) is 48.4. The third kappa shape index (κ3) is 5.25. The van der Waals surface area contributed by atoms with Crippen molar-refractivity contribution in [2.24, 2.45) is 0 Å². The number of amides is 2. The van der Waals surface area contributed by atoms with Crippen molar-refractivity contribution < 1.29 is 14.4 Å². The average molecular weight is 393 g/mol. The van der Waals surface area contributed by atoms with E-state index in [0.29, 0.717) is 49.0 Å². The van der Waals surface area contributed by atoms with Gasteiger partial charge in [-0.05, 0) is 44.2 Å². The van der Waals surface area contributed by atoms with Crippen molar-refractivity contribution in [3.8, 4) is 0 Å². The molecule has 0 saturated carbocycles. The van der Waals surface area contributed by atoms with Crippen LogP contribution >= 0.6 is 0 Å². The van der Waals surface area contributed by atoms with Gasteiger partial charge >= 0.3 is 0 Å². The minimum Gasteiger partial charge on any atom is -0.337 e. The number of ketones is 1. The van der Waals surface area contributed by atoms with E-state index >= 15 is 0 Å². The molecule has 1 aromatic heterocycles. The zero-order valence-corrected chi connectivity index (χ0v) is 16.5. The van der Waals surface area contributed by atoms with E-state index in [2.05, 4.69) is 15.3 Å². The lowest BCUT2D eigenvalue weighted by Crippen LogP contribution is -2.49. The maximum atomic E-state index is 12.6. The molecule has 0 unspecified atom stereocenters. The summed E-state index contributed by atoms with van der Waals surface area (Å²) in [6.07, 6.45) is 4.69. The fourth-order valence-corrected chi connectivity index (χ4v) is 3.04. The second kappa shape index (κ2) is 9.09. The van der Waals surface area contributed by atoms with Crippen LogP contribution in [0.4, 0.5) is 11.6 Å². The summed E-state index contributed by atoms with van der Waals surface area (Å²) >= 11 is 0. The Balaban J connectivity index is 1.54. The summed E-state index contributed by atoms with van der Waals surface area (Å²) in [5.41, 5.74) is 1.50. The second-order valence-electron chi connectivity index (χ2n) is 6.78. The van der Waals surface area contributed by atoms with E-state index in [1.54, 1.807) is 54.5 Å². The molecule has 1 fully saturated rings. The zero-order valence-electron chi connectivity index (χ0n) is 16.5. The van der Waals surface area contributed by atoms with Crippen LogP contribution in [0.15, 0.2) is 54.4 Å². The molecule has 1 N–H and O–H groups in total. The predicted molar refractivity (Wildman–Crippen MR) is 110 cm³/mol. The third-order valence-corrected chi connectivity index (χ3v) is 4.65. The molecule has 1 aromatic carbocycles. The van der Waals surface area contributed by atoms with Gasteiger partial charge in [0.05, 0.1) is 0 Å². The maximum absolute atomic E-state index is 12.6. The van der Waals surface area contributed by atoms with Gasteiger partial charge in [0, 0.05) is 61.5 Å². The minimum atomic E-state index is -0.386. The van der Waals surface area contributed by atoms with Gasteiger partial charge in [-0.3, -0.25) is 14.4 Å². The number of rotatable bonds is 5. The first-order valence-corrected chi connectivity index (χ1v) is 9.35. The fraction of sp³-hybridized carbons (Fsp3) is 0.286. The Bertz CT molecular complexity index is 917. The number of benzene rings is 1.